The van der Waals surface area contributed by atoms with Crippen molar-refractivity contribution in [3.63, 3.8) is 0 Å². The average molecular weight is 216 g/mol. The number of rotatable bonds is 0. The Bertz CT molecular complexity index is 295. The van der Waals surface area contributed by atoms with Gasteiger partial charge in [-0.2, -0.15) is 31.4 Å². The van der Waals surface area contributed by atoms with Crippen molar-refractivity contribution in [2.75, 3.05) is 0 Å². The first-order valence-corrected chi connectivity index (χ1v) is 3.19. The van der Waals surface area contributed by atoms with Gasteiger partial charge in [-0.05, 0) is 6.07 Å². The largest absolute Gasteiger partial charge is 0.435 e. The maximum atomic E-state index is 12.0. The maximum absolute atomic E-state index is 12.0. The minimum absolute atomic E-state index is 0.232. The third-order valence-corrected chi connectivity index (χ3v) is 1.29. The van der Waals surface area contributed by atoms with Crippen molar-refractivity contribution in [3.8, 4) is 0 Å². The van der Waals surface area contributed by atoms with E-state index in [1.54, 1.807) is 0 Å². The fourth-order valence-electron chi connectivity index (χ4n) is 0.770. The highest BCUT2D eigenvalue weighted by Gasteiger charge is 2.44. The predicted octanol–water partition coefficient (Wildman–Crippen LogP) is 2.51. The summed E-state index contributed by atoms with van der Waals surface area (Å²) in [7, 11) is 0. The molecule has 0 spiro atoms. The van der Waals surface area contributed by atoms with E-state index in [-0.39, 0.29) is 6.07 Å². The SMILES string of the molecule is FC(F)(F)c1ccnnc1C(F)(F)F. The number of hydrogen-bond acceptors (Lipinski definition) is 2. The van der Waals surface area contributed by atoms with Crippen molar-refractivity contribution in [1.82, 2.24) is 10.2 Å². The van der Waals surface area contributed by atoms with E-state index >= 15 is 0 Å². The lowest BCUT2D eigenvalue weighted by Crippen LogP contribution is -2.18. The lowest BCUT2D eigenvalue weighted by Gasteiger charge is -2.12. The van der Waals surface area contributed by atoms with E-state index in [0.717, 1.165) is 0 Å². The summed E-state index contributed by atoms with van der Waals surface area (Å²) in [6, 6.07) is 0.232. The van der Waals surface area contributed by atoms with Gasteiger partial charge in [0.15, 0.2) is 5.69 Å². The second-order valence-electron chi connectivity index (χ2n) is 2.29. The molecule has 8 heteroatoms. The van der Waals surface area contributed by atoms with Gasteiger partial charge in [-0.25, -0.2) is 0 Å². The molecule has 1 rings (SSSR count). The standard InChI is InChI=1S/C6H2F6N2/c7-5(8,9)3-1-2-13-14-4(3)6(10,11)12/h1-2H. The number of nitrogens with zero attached hydrogens (tertiary/aromatic N) is 2. The van der Waals surface area contributed by atoms with E-state index < -0.39 is 23.6 Å². The lowest BCUT2D eigenvalue weighted by molar-refractivity contribution is -0.165. The summed E-state index contributed by atoms with van der Waals surface area (Å²) in [5.74, 6) is 0. The molecule has 0 fully saturated rings. The summed E-state index contributed by atoms with van der Waals surface area (Å²) in [5, 5.41) is 5.18. The third-order valence-electron chi connectivity index (χ3n) is 1.29. The molecule has 78 valence electrons. The van der Waals surface area contributed by atoms with Gasteiger partial charge >= 0.3 is 12.4 Å². The van der Waals surface area contributed by atoms with Crippen LogP contribution < -0.4 is 0 Å². The zero-order chi connectivity index (χ0) is 11.0. The van der Waals surface area contributed by atoms with Crippen molar-refractivity contribution in [2.45, 2.75) is 12.4 Å². The van der Waals surface area contributed by atoms with E-state index in [9.17, 15) is 26.3 Å². The number of halogens is 6. The number of hydrogen-bond donors (Lipinski definition) is 0. The van der Waals surface area contributed by atoms with Crippen LogP contribution in [0.15, 0.2) is 12.3 Å². The Morgan fingerprint density at radius 2 is 1.50 bits per heavy atom. The van der Waals surface area contributed by atoms with Crippen LogP contribution in [0, 0.1) is 0 Å². The van der Waals surface area contributed by atoms with Gasteiger partial charge in [0.1, 0.15) is 0 Å². The summed E-state index contributed by atoms with van der Waals surface area (Å²) >= 11 is 0. The molecule has 0 radical (unpaired) electrons. The zero-order valence-electron chi connectivity index (χ0n) is 6.32. The molecule has 0 aliphatic heterocycles. The Balaban J connectivity index is 3.31. The molecule has 0 aliphatic rings. The van der Waals surface area contributed by atoms with Crippen molar-refractivity contribution >= 4 is 0 Å². The van der Waals surface area contributed by atoms with Gasteiger partial charge in [-0.3, -0.25) is 0 Å². The van der Waals surface area contributed by atoms with Gasteiger partial charge in [0.25, 0.3) is 0 Å². The van der Waals surface area contributed by atoms with Gasteiger partial charge < -0.3 is 0 Å². The van der Waals surface area contributed by atoms with Crippen LogP contribution in [-0.4, -0.2) is 10.2 Å². The van der Waals surface area contributed by atoms with Crippen LogP contribution in [-0.2, 0) is 12.4 Å². The van der Waals surface area contributed by atoms with Crippen LogP contribution in [0.5, 0.6) is 0 Å². The molecule has 0 atom stereocenters. The van der Waals surface area contributed by atoms with Crippen molar-refractivity contribution in [2.24, 2.45) is 0 Å². The summed E-state index contributed by atoms with van der Waals surface area (Å²) in [5.41, 5.74) is -3.85. The Hall–Kier alpha value is -1.34. The first-order valence-electron chi connectivity index (χ1n) is 3.19. The Morgan fingerprint density at radius 1 is 0.929 bits per heavy atom. The minimum atomic E-state index is -5.15. The summed E-state index contributed by atoms with van der Waals surface area (Å²) < 4.78 is 72.0. The van der Waals surface area contributed by atoms with Crippen molar-refractivity contribution in [1.29, 1.82) is 0 Å². The van der Waals surface area contributed by atoms with Crippen LogP contribution in [0.3, 0.4) is 0 Å². The molecule has 14 heavy (non-hydrogen) atoms. The molecule has 1 aromatic rings. The fraction of sp³-hybridized carbons (Fsp3) is 0.333. The predicted molar refractivity (Wildman–Crippen MR) is 32.0 cm³/mol. The van der Waals surface area contributed by atoms with Crippen LogP contribution in [0.4, 0.5) is 26.3 Å². The normalized spacial score (nSPS) is 13.0. The highest BCUT2D eigenvalue weighted by atomic mass is 19.4. The van der Waals surface area contributed by atoms with E-state index in [1.165, 1.54) is 0 Å². The molecule has 0 bridgehead atoms. The van der Waals surface area contributed by atoms with Crippen LogP contribution >= 0.6 is 0 Å². The molecule has 0 amide bonds. The lowest BCUT2D eigenvalue weighted by atomic mass is 10.2. The number of alkyl halides is 6. The van der Waals surface area contributed by atoms with Gasteiger partial charge in [0.05, 0.1) is 11.8 Å². The molecule has 2 nitrogen and oxygen atoms in total. The van der Waals surface area contributed by atoms with Crippen LogP contribution in [0.1, 0.15) is 11.3 Å². The van der Waals surface area contributed by atoms with Crippen molar-refractivity contribution in [3.05, 3.63) is 23.5 Å². The Labute approximate surface area is 73.6 Å². The molecule has 0 saturated carbocycles. The van der Waals surface area contributed by atoms with E-state index in [1.807, 2.05) is 0 Å². The van der Waals surface area contributed by atoms with E-state index in [2.05, 4.69) is 10.2 Å². The quantitative estimate of drug-likeness (QED) is 0.622. The second-order valence-corrected chi connectivity index (χ2v) is 2.29. The van der Waals surface area contributed by atoms with Gasteiger partial charge in [-0.15, -0.1) is 5.10 Å². The topological polar surface area (TPSA) is 25.8 Å². The highest BCUT2D eigenvalue weighted by molar-refractivity contribution is 5.23. The Morgan fingerprint density at radius 3 is 1.86 bits per heavy atom. The molecular formula is C6H2F6N2. The average Bonchev–Trinajstić information content (AvgIpc) is 2.01. The van der Waals surface area contributed by atoms with Gasteiger partial charge in [0, 0.05) is 0 Å². The van der Waals surface area contributed by atoms with E-state index in [0.29, 0.717) is 6.20 Å². The summed E-state index contributed by atoms with van der Waals surface area (Å²) in [4.78, 5) is 0. The molecular weight excluding hydrogens is 214 g/mol. The highest BCUT2D eigenvalue weighted by Crippen LogP contribution is 2.38. The molecule has 0 aromatic carbocycles. The van der Waals surface area contributed by atoms with E-state index in [4.69, 9.17) is 0 Å². The smallest absolute Gasteiger partial charge is 0.166 e. The third kappa shape index (κ3) is 2.12. The molecule has 1 heterocycles. The molecule has 0 aliphatic carbocycles. The Kier molecular flexibility index (Phi) is 2.38. The molecule has 0 unspecified atom stereocenters. The summed E-state index contributed by atoms with van der Waals surface area (Å²) in [6.07, 6.45) is -9.68. The monoisotopic (exact) mass is 216 g/mol. The van der Waals surface area contributed by atoms with Gasteiger partial charge in [-0.1, -0.05) is 0 Å². The first kappa shape index (κ1) is 10.7. The number of aromatic nitrogens is 2. The fourth-order valence-corrected chi connectivity index (χ4v) is 0.770. The van der Waals surface area contributed by atoms with Crippen molar-refractivity contribution < 1.29 is 26.3 Å². The minimum Gasteiger partial charge on any atom is -0.166 e. The van der Waals surface area contributed by atoms with Crippen LogP contribution in [0.2, 0.25) is 0 Å². The zero-order valence-corrected chi connectivity index (χ0v) is 6.32. The van der Waals surface area contributed by atoms with Gasteiger partial charge in [0.2, 0.25) is 0 Å². The van der Waals surface area contributed by atoms with Crippen LogP contribution in [0.25, 0.3) is 0 Å². The summed E-state index contributed by atoms with van der Waals surface area (Å²) in [6.45, 7) is 0. The second kappa shape index (κ2) is 3.10. The maximum Gasteiger partial charge on any atom is 0.435 e. The molecule has 0 N–H and O–H groups in total. The molecule has 1 aromatic heterocycles. The molecule has 0 saturated heterocycles. The first-order chi connectivity index (χ1) is 6.23.